The molecule has 0 saturated carbocycles. The number of rotatable bonds is 4. The summed E-state index contributed by atoms with van der Waals surface area (Å²) >= 11 is 0. The number of aromatic nitrogens is 3. The molecule has 0 radical (unpaired) electrons. The summed E-state index contributed by atoms with van der Waals surface area (Å²) in [6.07, 6.45) is 0.304. The highest BCUT2D eigenvalue weighted by atomic mass is 19.4. The fourth-order valence-corrected chi connectivity index (χ4v) is 3.02. The smallest absolute Gasteiger partial charge is 0.416 e. The summed E-state index contributed by atoms with van der Waals surface area (Å²) in [4.78, 5) is 20.3. The third kappa shape index (κ3) is 3.69. The van der Waals surface area contributed by atoms with E-state index in [4.69, 9.17) is 4.74 Å². The van der Waals surface area contributed by atoms with E-state index in [1.54, 1.807) is 53.3 Å². The number of imidazole rings is 1. The minimum atomic E-state index is -4.45. The first-order valence-electron chi connectivity index (χ1n) is 8.82. The zero-order chi connectivity index (χ0) is 21.3. The fourth-order valence-electron chi connectivity index (χ4n) is 3.02. The van der Waals surface area contributed by atoms with Crippen LogP contribution in [-0.4, -0.2) is 27.4 Å². The standard InChI is InChI=1S/C21H15F3N4O2/c1-30-20(29)14-7-5-13(6-8-14)18-19(28-10-9-25-12-17(28)27-18)26-16-4-2-3-15(11-16)21(22,23)24/h2-12,26H,1H3. The van der Waals surface area contributed by atoms with E-state index in [2.05, 4.69) is 15.3 Å². The number of halogens is 3. The van der Waals surface area contributed by atoms with E-state index >= 15 is 0 Å². The number of anilines is 2. The van der Waals surface area contributed by atoms with E-state index in [1.807, 2.05) is 0 Å². The van der Waals surface area contributed by atoms with Crippen LogP contribution < -0.4 is 5.32 Å². The van der Waals surface area contributed by atoms with Crippen molar-refractivity contribution in [2.75, 3.05) is 12.4 Å². The second-order valence-electron chi connectivity index (χ2n) is 6.39. The van der Waals surface area contributed by atoms with Gasteiger partial charge in [-0.3, -0.25) is 9.38 Å². The first-order valence-corrected chi connectivity index (χ1v) is 8.82. The van der Waals surface area contributed by atoms with Crippen molar-refractivity contribution in [3.8, 4) is 11.3 Å². The van der Waals surface area contributed by atoms with Gasteiger partial charge in [-0.05, 0) is 30.3 Å². The minimum Gasteiger partial charge on any atom is -0.465 e. The lowest BCUT2D eigenvalue weighted by atomic mass is 10.1. The lowest BCUT2D eigenvalue weighted by Crippen LogP contribution is -2.05. The molecule has 0 atom stereocenters. The Morgan fingerprint density at radius 1 is 1.13 bits per heavy atom. The Kier molecular flexibility index (Phi) is 4.86. The average Bonchev–Trinajstić information content (AvgIpc) is 3.11. The molecule has 2 aromatic carbocycles. The van der Waals surface area contributed by atoms with E-state index < -0.39 is 17.7 Å². The maximum atomic E-state index is 13.1. The first-order chi connectivity index (χ1) is 14.4. The molecule has 1 N–H and O–H groups in total. The van der Waals surface area contributed by atoms with Gasteiger partial charge in [-0.1, -0.05) is 18.2 Å². The van der Waals surface area contributed by atoms with Crippen LogP contribution in [0.4, 0.5) is 24.7 Å². The largest absolute Gasteiger partial charge is 0.465 e. The van der Waals surface area contributed by atoms with Crippen LogP contribution >= 0.6 is 0 Å². The monoisotopic (exact) mass is 412 g/mol. The number of nitrogens with zero attached hydrogens (tertiary/aromatic N) is 3. The van der Waals surface area contributed by atoms with Gasteiger partial charge in [0, 0.05) is 23.6 Å². The van der Waals surface area contributed by atoms with E-state index in [9.17, 15) is 18.0 Å². The number of methoxy groups -OCH3 is 1. The molecule has 4 aromatic rings. The van der Waals surface area contributed by atoms with Crippen LogP contribution in [0.15, 0.2) is 67.1 Å². The lowest BCUT2D eigenvalue weighted by molar-refractivity contribution is -0.137. The Balaban J connectivity index is 1.79. The van der Waals surface area contributed by atoms with Crippen molar-refractivity contribution in [1.29, 1.82) is 0 Å². The van der Waals surface area contributed by atoms with E-state index in [0.717, 1.165) is 12.1 Å². The van der Waals surface area contributed by atoms with Crippen LogP contribution in [0.5, 0.6) is 0 Å². The molecule has 152 valence electrons. The molecular weight excluding hydrogens is 397 g/mol. The normalized spacial score (nSPS) is 11.5. The Hall–Kier alpha value is -3.88. The predicted molar refractivity (Wildman–Crippen MR) is 104 cm³/mol. The summed E-state index contributed by atoms with van der Waals surface area (Å²) < 4.78 is 45.6. The van der Waals surface area contributed by atoms with Crippen molar-refractivity contribution < 1.29 is 22.7 Å². The summed E-state index contributed by atoms with van der Waals surface area (Å²) in [6, 6.07) is 11.5. The summed E-state index contributed by atoms with van der Waals surface area (Å²) in [5.74, 6) is 0.000563. The Morgan fingerprint density at radius 2 is 1.90 bits per heavy atom. The van der Waals surface area contributed by atoms with Crippen LogP contribution in [0.3, 0.4) is 0 Å². The van der Waals surface area contributed by atoms with Gasteiger partial charge < -0.3 is 10.1 Å². The number of carbonyl (C=O) groups is 1. The van der Waals surface area contributed by atoms with Crippen LogP contribution in [0.25, 0.3) is 16.9 Å². The number of ether oxygens (including phenoxy) is 1. The van der Waals surface area contributed by atoms with Crippen LogP contribution in [-0.2, 0) is 10.9 Å². The fraction of sp³-hybridized carbons (Fsp3) is 0.0952. The molecule has 2 heterocycles. The number of benzene rings is 2. The highest BCUT2D eigenvalue weighted by Gasteiger charge is 2.30. The van der Waals surface area contributed by atoms with Gasteiger partial charge >= 0.3 is 12.1 Å². The molecule has 0 fully saturated rings. The molecule has 0 bridgehead atoms. The van der Waals surface area contributed by atoms with Crippen LogP contribution in [0, 0.1) is 0 Å². The highest BCUT2D eigenvalue weighted by Crippen LogP contribution is 2.34. The molecule has 4 rings (SSSR count). The van der Waals surface area contributed by atoms with Gasteiger partial charge in [-0.25, -0.2) is 9.78 Å². The number of hydrogen-bond donors (Lipinski definition) is 1. The van der Waals surface area contributed by atoms with E-state index in [1.165, 1.54) is 13.2 Å². The van der Waals surface area contributed by atoms with E-state index in [-0.39, 0.29) is 5.69 Å². The highest BCUT2D eigenvalue weighted by molar-refractivity contribution is 5.90. The van der Waals surface area contributed by atoms with Crippen molar-refractivity contribution in [2.24, 2.45) is 0 Å². The lowest BCUT2D eigenvalue weighted by Gasteiger charge is -2.12. The SMILES string of the molecule is COC(=O)c1ccc(-c2nc3cnccn3c2Nc2cccc(C(F)(F)F)c2)cc1. The zero-order valence-electron chi connectivity index (χ0n) is 15.6. The molecule has 0 aliphatic heterocycles. The summed E-state index contributed by atoms with van der Waals surface area (Å²) in [5, 5.41) is 3.04. The quantitative estimate of drug-likeness (QED) is 0.481. The molecule has 0 amide bonds. The molecule has 0 spiro atoms. The van der Waals surface area contributed by atoms with Crippen molar-refractivity contribution in [1.82, 2.24) is 14.4 Å². The van der Waals surface area contributed by atoms with Crippen molar-refractivity contribution >= 4 is 23.1 Å². The maximum Gasteiger partial charge on any atom is 0.416 e. The average molecular weight is 412 g/mol. The first kappa shape index (κ1) is 19.4. The molecular formula is C21H15F3N4O2. The van der Waals surface area contributed by atoms with Gasteiger partial charge in [0.1, 0.15) is 11.5 Å². The maximum absolute atomic E-state index is 13.1. The second kappa shape index (κ2) is 7.51. The number of fused-ring (bicyclic) bond motifs is 1. The van der Waals surface area contributed by atoms with Gasteiger partial charge in [0.15, 0.2) is 5.65 Å². The number of carbonyl (C=O) groups excluding carboxylic acids is 1. The number of esters is 1. The predicted octanol–water partition coefficient (Wildman–Crippen LogP) is 4.95. The van der Waals surface area contributed by atoms with Gasteiger partial charge in [0.2, 0.25) is 0 Å². The molecule has 0 aliphatic rings. The van der Waals surface area contributed by atoms with Gasteiger partial charge in [0.05, 0.1) is 24.4 Å². The van der Waals surface area contributed by atoms with Crippen LogP contribution in [0.1, 0.15) is 15.9 Å². The zero-order valence-corrected chi connectivity index (χ0v) is 15.6. The molecule has 6 nitrogen and oxygen atoms in total. The Morgan fingerprint density at radius 3 is 2.60 bits per heavy atom. The van der Waals surface area contributed by atoms with E-state index in [0.29, 0.717) is 28.3 Å². The van der Waals surface area contributed by atoms with Gasteiger partial charge in [-0.2, -0.15) is 13.2 Å². The summed E-state index contributed by atoms with van der Waals surface area (Å²) in [7, 11) is 1.29. The summed E-state index contributed by atoms with van der Waals surface area (Å²) in [5.41, 5.74) is 1.55. The third-order valence-electron chi connectivity index (χ3n) is 4.46. The van der Waals surface area contributed by atoms with Gasteiger partial charge in [0.25, 0.3) is 0 Å². The molecule has 2 aromatic heterocycles. The topological polar surface area (TPSA) is 68.5 Å². The Labute approximate surface area is 169 Å². The Bertz CT molecular complexity index is 1220. The number of hydrogen-bond acceptors (Lipinski definition) is 5. The molecule has 0 aliphatic carbocycles. The number of alkyl halides is 3. The van der Waals surface area contributed by atoms with Crippen molar-refractivity contribution in [3.63, 3.8) is 0 Å². The molecule has 30 heavy (non-hydrogen) atoms. The molecule has 9 heteroatoms. The van der Waals surface area contributed by atoms with Crippen LogP contribution in [0.2, 0.25) is 0 Å². The minimum absolute atomic E-state index is 0.260. The summed E-state index contributed by atoms with van der Waals surface area (Å²) in [6.45, 7) is 0. The molecule has 0 unspecified atom stereocenters. The second-order valence-corrected chi connectivity index (χ2v) is 6.39. The van der Waals surface area contributed by atoms with Gasteiger partial charge in [-0.15, -0.1) is 0 Å². The van der Waals surface area contributed by atoms with Crippen molar-refractivity contribution in [3.05, 3.63) is 78.2 Å². The third-order valence-corrected chi connectivity index (χ3v) is 4.46. The number of nitrogens with one attached hydrogen (secondary N) is 1. The van der Waals surface area contributed by atoms with Crippen molar-refractivity contribution in [2.45, 2.75) is 6.18 Å². The molecule has 0 saturated heterocycles.